The third-order valence-electron chi connectivity index (χ3n) is 5.63. The molecule has 3 rings (SSSR count). The Balaban J connectivity index is 1.44. The maximum atomic E-state index is 12.3. The van der Waals surface area contributed by atoms with Crippen LogP contribution in [0.3, 0.4) is 0 Å². The lowest BCUT2D eigenvalue weighted by molar-refractivity contribution is 0.0520. The van der Waals surface area contributed by atoms with Crippen molar-refractivity contribution in [2.45, 2.75) is 76.9 Å². The molecule has 0 aromatic heterocycles. The molecule has 2 fully saturated rings. The minimum Gasteiger partial charge on any atom is -0.494 e. The summed E-state index contributed by atoms with van der Waals surface area (Å²) in [7, 11) is 0. The number of hydrogen-bond donors (Lipinski definition) is 1. The molecule has 1 aromatic carbocycles. The van der Waals surface area contributed by atoms with E-state index in [-0.39, 0.29) is 12.2 Å². The van der Waals surface area contributed by atoms with Gasteiger partial charge in [-0.15, -0.1) is 0 Å². The molecule has 1 saturated heterocycles. The average molecular weight is 375 g/mol. The van der Waals surface area contributed by atoms with Crippen LogP contribution in [0, 0.1) is 0 Å². The summed E-state index contributed by atoms with van der Waals surface area (Å²) < 4.78 is 11.5. The van der Waals surface area contributed by atoms with Crippen LogP contribution in [-0.2, 0) is 4.74 Å². The number of rotatable bonds is 8. The zero-order valence-corrected chi connectivity index (χ0v) is 16.6. The second-order valence-electron chi connectivity index (χ2n) is 7.80. The number of likely N-dealkylation sites (tertiary alicyclic amines) is 1. The molecule has 1 N–H and O–H groups in total. The Bertz CT molecular complexity index is 587. The van der Waals surface area contributed by atoms with Gasteiger partial charge in [-0.3, -0.25) is 5.32 Å². The van der Waals surface area contributed by atoms with Crippen LogP contribution in [0.15, 0.2) is 24.3 Å². The van der Waals surface area contributed by atoms with E-state index in [1.807, 2.05) is 24.3 Å². The summed E-state index contributed by atoms with van der Waals surface area (Å²) in [6, 6.07) is 8.13. The van der Waals surface area contributed by atoms with Gasteiger partial charge in [-0.25, -0.2) is 4.79 Å². The van der Waals surface area contributed by atoms with Crippen molar-refractivity contribution in [3.63, 3.8) is 0 Å². The van der Waals surface area contributed by atoms with E-state index in [0.717, 1.165) is 37.1 Å². The number of nitrogens with one attached hydrogen (secondary N) is 1. The van der Waals surface area contributed by atoms with Gasteiger partial charge in [0.15, 0.2) is 0 Å². The molecule has 0 spiro atoms. The number of nitrogens with zero attached hydrogens (tertiary/aromatic N) is 1. The lowest BCUT2D eigenvalue weighted by atomic mass is 9.92. The van der Waals surface area contributed by atoms with Crippen molar-refractivity contribution >= 4 is 11.8 Å². The number of benzene rings is 1. The lowest BCUT2D eigenvalue weighted by Gasteiger charge is -2.34. The predicted octanol–water partition coefficient (Wildman–Crippen LogP) is 5.21. The summed E-state index contributed by atoms with van der Waals surface area (Å²) in [6.07, 6.45) is 9.99. The number of unbranched alkanes of at least 4 members (excludes halogenated alkanes) is 2. The van der Waals surface area contributed by atoms with Gasteiger partial charge < -0.3 is 14.4 Å². The molecule has 5 nitrogen and oxygen atoms in total. The number of carbonyl (C=O) groups is 1. The van der Waals surface area contributed by atoms with Crippen LogP contribution in [0.25, 0.3) is 0 Å². The van der Waals surface area contributed by atoms with E-state index in [1.165, 1.54) is 45.2 Å². The molecule has 0 radical (unpaired) electrons. The van der Waals surface area contributed by atoms with Crippen molar-refractivity contribution in [2.24, 2.45) is 0 Å². The van der Waals surface area contributed by atoms with Gasteiger partial charge in [-0.05, 0) is 63.7 Å². The van der Waals surface area contributed by atoms with Crippen LogP contribution in [0.1, 0.15) is 64.7 Å². The molecule has 1 heterocycles. The van der Waals surface area contributed by atoms with Crippen LogP contribution < -0.4 is 10.1 Å². The van der Waals surface area contributed by atoms with Gasteiger partial charge in [0.25, 0.3) is 0 Å². The second-order valence-corrected chi connectivity index (χ2v) is 7.80. The Morgan fingerprint density at radius 2 is 2.04 bits per heavy atom. The topological polar surface area (TPSA) is 50.8 Å². The van der Waals surface area contributed by atoms with Gasteiger partial charge in [0, 0.05) is 24.2 Å². The van der Waals surface area contributed by atoms with E-state index in [4.69, 9.17) is 9.47 Å². The molecular formula is C22H34N2O3. The van der Waals surface area contributed by atoms with E-state index in [0.29, 0.717) is 12.6 Å². The number of carbonyl (C=O) groups excluding carboxylic acids is 1. The zero-order chi connectivity index (χ0) is 18.9. The minimum absolute atomic E-state index is 0.0258. The van der Waals surface area contributed by atoms with Crippen molar-refractivity contribution in [1.29, 1.82) is 0 Å². The first-order valence-electron chi connectivity index (χ1n) is 10.7. The predicted molar refractivity (Wildman–Crippen MR) is 108 cm³/mol. The maximum absolute atomic E-state index is 12.3. The first-order chi connectivity index (χ1) is 13.2. The molecule has 150 valence electrons. The molecule has 2 unspecified atom stereocenters. The first kappa shape index (κ1) is 20.0. The van der Waals surface area contributed by atoms with Crippen LogP contribution in [0.5, 0.6) is 5.75 Å². The average Bonchev–Trinajstić information content (AvgIpc) is 3.21. The standard InChI is InChI=1S/C22H34N2O3/c1-2-3-6-15-26-20-11-7-9-18(16-20)23-22(25)27-21-12-8-10-19(17-21)24-13-4-5-14-24/h7,9,11,16,19,21H,2-6,8,10,12-15,17H2,1H3,(H,23,25). The van der Waals surface area contributed by atoms with E-state index in [9.17, 15) is 4.79 Å². The van der Waals surface area contributed by atoms with Crippen molar-refractivity contribution in [2.75, 3.05) is 25.0 Å². The summed E-state index contributed by atoms with van der Waals surface area (Å²) in [4.78, 5) is 14.9. The minimum atomic E-state index is -0.356. The van der Waals surface area contributed by atoms with Crippen molar-refractivity contribution in [1.82, 2.24) is 4.90 Å². The number of anilines is 1. The Hall–Kier alpha value is -1.75. The Morgan fingerprint density at radius 1 is 1.19 bits per heavy atom. The quantitative estimate of drug-likeness (QED) is 0.635. The van der Waals surface area contributed by atoms with Gasteiger partial charge in [0.2, 0.25) is 0 Å². The maximum Gasteiger partial charge on any atom is 0.411 e. The van der Waals surface area contributed by atoms with E-state index in [1.54, 1.807) is 0 Å². The molecule has 1 aliphatic heterocycles. The molecule has 1 aromatic rings. The van der Waals surface area contributed by atoms with Crippen LogP contribution >= 0.6 is 0 Å². The third-order valence-corrected chi connectivity index (χ3v) is 5.63. The normalized spacial score (nSPS) is 23.1. The van der Waals surface area contributed by atoms with E-state index >= 15 is 0 Å². The first-order valence-corrected chi connectivity index (χ1v) is 10.7. The van der Waals surface area contributed by atoms with Gasteiger partial charge in [-0.2, -0.15) is 0 Å². The van der Waals surface area contributed by atoms with E-state index in [2.05, 4.69) is 17.1 Å². The molecule has 27 heavy (non-hydrogen) atoms. The highest BCUT2D eigenvalue weighted by molar-refractivity contribution is 5.84. The molecule has 1 saturated carbocycles. The smallest absolute Gasteiger partial charge is 0.411 e. The highest BCUT2D eigenvalue weighted by Gasteiger charge is 2.30. The molecule has 1 amide bonds. The monoisotopic (exact) mass is 374 g/mol. The third kappa shape index (κ3) is 6.42. The van der Waals surface area contributed by atoms with Crippen LogP contribution in [0.2, 0.25) is 0 Å². The van der Waals surface area contributed by atoms with Crippen LogP contribution in [0.4, 0.5) is 10.5 Å². The fourth-order valence-electron chi connectivity index (χ4n) is 4.17. The fraction of sp³-hybridized carbons (Fsp3) is 0.682. The summed E-state index contributed by atoms with van der Waals surface area (Å²) in [5.74, 6) is 0.788. The highest BCUT2D eigenvalue weighted by atomic mass is 16.6. The fourth-order valence-corrected chi connectivity index (χ4v) is 4.17. The van der Waals surface area contributed by atoms with Gasteiger partial charge in [0.1, 0.15) is 11.9 Å². The van der Waals surface area contributed by atoms with Crippen LogP contribution in [-0.4, -0.2) is 42.8 Å². The van der Waals surface area contributed by atoms with Crippen molar-refractivity contribution < 1.29 is 14.3 Å². The van der Waals surface area contributed by atoms with Crippen molar-refractivity contribution in [3.8, 4) is 5.75 Å². The summed E-state index contributed by atoms with van der Waals surface area (Å²) >= 11 is 0. The van der Waals surface area contributed by atoms with Crippen molar-refractivity contribution in [3.05, 3.63) is 24.3 Å². The Labute approximate surface area is 163 Å². The molecule has 5 heteroatoms. The van der Waals surface area contributed by atoms with Gasteiger partial charge in [0.05, 0.1) is 6.61 Å². The summed E-state index contributed by atoms with van der Waals surface area (Å²) in [5, 5.41) is 2.86. The largest absolute Gasteiger partial charge is 0.494 e. The SMILES string of the molecule is CCCCCOc1cccc(NC(=O)OC2CCCC(N3CCCC3)C2)c1. The lowest BCUT2D eigenvalue weighted by Crippen LogP contribution is -2.40. The van der Waals surface area contributed by atoms with E-state index < -0.39 is 0 Å². The second kappa shape index (κ2) is 10.5. The summed E-state index contributed by atoms with van der Waals surface area (Å²) in [6.45, 7) is 5.29. The number of hydrogen-bond acceptors (Lipinski definition) is 4. The number of ether oxygens (including phenoxy) is 2. The molecule has 2 atom stereocenters. The molecular weight excluding hydrogens is 340 g/mol. The van der Waals surface area contributed by atoms with Gasteiger partial charge in [-0.1, -0.05) is 25.8 Å². The highest BCUT2D eigenvalue weighted by Crippen LogP contribution is 2.28. The molecule has 0 bridgehead atoms. The summed E-state index contributed by atoms with van der Waals surface area (Å²) in [5.41, 5.74) is 0.722. The zero-order valence-electron chi connectivity index (χ0n) is 16.6. The number of amides is 1. The molecule has 1 aliphatic carbocycles. The Kier molecular flexibility index (Phi) is 7.81. The molecule has 2 aliphatic rings. The van der Waals surface area contributed by atoms with Gasteiger partial charge >= 0.3 is 6.09 Å². The Morgan fingerprint density at radius 3 is 2.85 bits per heavy atom.